The molecule has 3 heterocycles. The lowest BCUT2D eigenvalue weighted by molar-refractivity contribution is 0.0781. The summed E-state index contributed by atoms with van der Waals surface area (Å²) in [6.45, 7) is 0.966. The van der Waals surface area contributed by atoms with Gasteiger partial charge < -0.3 is 14.9 Å². The molecule has 3 rings (SSSR count). The summed E-state index contributed by atoms with van der Waals surface area (Å²) in [5.41, 5.74) is 0.708. The Labute approximate surface area is 135 Å². The Morgan fingerprint density at radius 1 is 1.55 bits per heavy atom. The van der Waals surface area contributed by atoms with Crippen LogP contribution in [0.3, 0.4) is 0 Å². The van der Waals surface area contributed by atoms with Gasteiger partial charge in [-0.15, -0.1) is 11.3 Å². The lowest BCUT2D eigenvalue weighted by Crippen LogP contribution is -2.39. The molecule has 2 amide bonds. The maximum atomic E-state index is 12.6. The largest absolute Gasteiger partial charge is 0.465 e. The van der Waals surface area contributed by atoms with E-state index in [0.717, 1.165) is 4.70 Å². The first-order valence-corrected chi connectivity index (χ1v) is 7.96. The molecule has 116 valence electrons. The van der Waals surface area contributed by atoms with Gasteiger partial charge in [0, 0.05) is 26.3 Å². The van der Waals surface area contributed by atoms with Crippen molar-refractivity contribution in [2.75, 3.05) is 20.1 Å². The number of rotatable bonds is 2. The Morgan fingerprint density at radius 3 is 3.00 bits per heavy atom. The lowest BCUT2D eigenvalue weighted by Gasteiger charge is -2.21. The highest BCUT2D eigenvalue weighted by Gasteiger charge is 2.32. The van der Waals surface area contributed by atoms with Crippen molar-refractivity contribution in [2.24, 2.45) is 0 Å². The zero-order valence-corrected chi connectivity index (χ0v) is 13.4. The molecule has 6 nitrogen and oxygen atoms in total. The fraction of sp³-hybridized carbons (Fsp3) is 0.357. The Kier molecular flexibility index (Phi) is 3.92. The first-order chi connectivity index (χ1) is 10.5. The zero-order valence-electron chi connectivity index (χ0n) is 11.8. The third-order valence-electron chi connectivity index (χ3n) is 3.87. The van der Waals surface area contributed by atoms with Crippen molar-refractivity contribution >= 4 is 45.2 Å². The van der Waals surface area contributed by atoms with E-state index >= 15 is 0 Å². The summed E-state index contributed by atoms with van der Waals surface area (Å²) in [5.74, 6) is -0.0969. The van der Waals surface area contributed by atoms with Gasteiger partial charge in [0.05, 0.1) is 26.2 Å². The average molecular weight is 340 g/mol. The predicted octanol–water partition coefficient (Wildman–Crippen LogP) is 2.77. The normalized spacial score (nSPS) is 17.9. The van der Waals surface area contributed by atoms with Crippen molar-refractivity contribution in [3.8, 4) is 0 Å². The molecule has 0 aliphatic carbocycles. The molecule has 1 atom stereocenters. The predicted molar refractivity (Wildman–Crippen MR) is 84.7 cm³/mol. The minimum absolute atomic E-state index is 0.0969. The van der Waals surface area contributed by atoms with Gasteiger partial charge >= 0.3 is 6.09 Å². The number of fused-ring (bicyclic) bond motifs is 1. The Balaban J connectivity index is 1.79. The number of likely N-dealkylation sites (N-methyl/N-ethyl adjacent to an activating group) is 1. The Morgan fingerprint density at radius 2 is 2.32 bits per heavy atom. The van der Waals surface area contributed by atoms with Crippen LogP contribution in [0, 0.1) is 0 Å². The minimum atomic E-state index is -0.975. The van der Waals surface area contributed by atoms with E-state index in [4.69, 9.17) is 16.7 Å². The maximum Gasteiger partial charge on any atom is 0.407 e. The highest BCUT2D eigenvalue weighted by molar-refractivity contribution is 7.21. The summed E-state index contributed by atoms with van der Waals surface area (Å²) >= 11 is 7.43. The molecule has 22 heavy (non-hydrogen) atoms. The van der Waals surface area contributed by atoms with Crippen LogP contribution in [0.2, 0.25) is 5.02 Å². The molecule has 2 aromatic heterocycles. The number of likely N-dealkylation sites (tertiary alicyclic amines) is 1. The van der Waals surface area contributed by atoms with Crippen LogP contribution in [0.25, 0.3) is 10.2 Å². The van der Waals surface area contributed by atoms with Crippen molar-refractivity contribution in [1.29, 1.82) is 0 Å². The molecule has 0 radical (unpaired) electrons. The smallest absolute Gasteiger partial charge is 0.407 e. The first kappa shape index (κ1) is 15.1. The quantitative estimate of drug-likeness (QED) is 0.913. The summed E-state index contributed by atoms with van der Waals surface area (Å²) in [4.78, 5) is 31.3. The molecule has 2 aromatic rings. The number of pyridine rings is 1. The number of aromatic nitrogens is 1. The number of carbonyl (C=O) groups excluding carboxylic acids is 1. The third kappa shape index (κ3) is 2.62. The Bertz CT molecular complexity index is 748. The second kappa shape index (κ2) is 5.73. The van der Waals surface area contributed by atoms with Gasteiger partial charge in [-0.1, -0.05) is 11.6 Å². The SMILES string of the molecule is CN(C(=O)O)C1CCN(C(=O)c2cc3nccc(Cl)c3s2)C1. The van der Waals surface area contributed by atoms with E-state index in [1.54, 1.807) is 23.2 Å². The summed E-state index contributed by atoms with van der Waals surface area (Å²) in [6, 6.07) is 3.28. The van der Waals surface area contributed by atoms with Gasteiger partial charge in [-0.25, -0.2) is 4.79 Å². The van der Waals surface area contributed by atoms with Crippen LogP contribution in [0.5, 0.6) is 0 Å². The van der Waals surface area contributed by atoms with E-state index in [0.29, 0.717) is 34.9 Å². The van der Waals surface area contributed by atoms with Crippen molar-refractivity contribution in [1.82, 2.24) is 14.8 Å². The van der Waals surface area contributed by atoms with Crippen LogP contribution in [0.15, 0.2) is 18.3 Å². The molecule has 1 aliphatic heterocycles. The van der Waals surface area contributed by atoms with Crippen LogP contribution >= 0.6 is 22.9 Å². The number of thiophene rings is 1. The molecule has 1 unspecified atom stereocenters. The number of carboxylic acid groups (broad SMARTS) is 1. The van der Waals surface area contributed by atoms with Crippen molar-refractivity contribution in [2.45, 2.75) is 12.5 Å². The highest BCUT2D eigenvalue weighted by Crippen LogP contribution is 2.31. The lowest BCUT2D eigenvalue weighted by atomic mass is 10.2. The van der Waals surface area contributed by atoms with Gasteiger partial charge in [0.1, 0.15) is 0 Å². The van der Waals surface area contributed by atoms with Crippen LogP contribution in [0.4, 0.5) is 4.79 Å². The van der Waals surface area contributed by atoms with Crippen LogP contribution < -0.4 is 0 Å². The third-order valence-corrected chi connectivity index (χ3v) is 5.45. The van der Waals surface area contributed by atoms with E-state index in [-0.39, 0.29) is 11.9 Å². The fourth-order valence-corrected chi connectivity index (χ4v) is 3.82. The van der Waals surface area contributed by atoms with Gasteiger partial charge in [-0.05, 0) is 18.6 Å². The molecule has 1 fully saturated rings. The van der Waals surface area contributed by atoms with Gasteiger partial charge in [0.2, 0.25) is 0 Å². The minimum Gasteiger partial charge on any atom is -0.465 e. The van der Waals surface area contributed by atoms with E-state index in [9.17, 15) is 9.59 Å². The molecular weight excluding hydrogens is 326 g/mol. The Hall–Kier alpha value is -1.86. The van der Waals surface area contributed by atoms with E-state index in [2.05, 4.69) is 4.98 Å². The van der Waals surface area contributed by atoms with Gasteiger partial charge in [0.25, 0.3) is 5.91 Å². The van der Waals surface area contributed by atoms with Gasteiger partial charge in [-0.3, -0.25) is 9.78 Å². The summed E-state index contributed by atoms with van der Waals surface area (Å²) < 4.78 is 0.797. The van der Waals surface area contributed by atoms with Gasteiger partial charge in [0.15, 0.2) is 0 Å². The molecule has 0 saturated carbocycles. The van der Waals surface area contributed by atoms with Gasteiger partial charge in [-0.2, -0.15) is 0 Å². The monoisotopic (exact) mass is 339 g/mol. The summed E-state index contributed by atoms with van der Waals surface area (Å²) in [6.07, 6.45) is 1.29. The highest BCUT2D eigenvalue weighted by atomic mass is 35.5. The van der Waals surface area contributed by atoms with E-state index in [1.807, 2.05) is 0 Å². The fourth-order valence-electron chi connectivity index (χ4n) is 2.57. The molecule has 0 bridgehead atoms. The molecule has 1 saturated heterocycles. The first-order valence-electron chi connectivity index (χ1n) is 6.76. The van der Waals surface area contributed by atoms with Crippen molar-refractivity contribution in [3.63, 3.8) is 0 Å². The second-order valence-electron chi connectivity index (χ2n) is 5.20. The van der Waals surface area contributed by atoms with E-state index in [1.165, 1.54) is 23.3 Å². The molecule has 8 heteroatoms. The van der Waals surface area contributed by atoms with Crippen molar-refractivity contribution in [3.05, 3.63) is 28.2 Å². The van der Waals surface area contributed by atoms with Crippen molar-refractivity contribution < 1.29 is 14.7 Å². The average Bonchev–Trinajstić information content (AvgIpc) is 3.13. The second-order valence-corrected chi connectivity index (χ2v) is 6.66. The number of nitrogens with zero attached hydrogens (tertiary/aromatic N) is 3. The maximum absolute atomic E-state index is 12.6. The van der Waals surface area contributed by atoms with Crippen LogP contribution in [-0.4, -0.2) is 58.1 Å². The number of carbonyl (C=O) groups is 2. The zero-order chi connectivity index (χ0) is 15.9. The molecule has 0 spiro atoms. The molecule has 1 aliphatic rings. The van der Waals surface area contributed by atoms with Crippen LogP contribution in [0.1, 0.15) is 16.1 Å². The summed E-state index contributed by atoms with van der Waals surface area (Å²) in [7, 11) is 1.53. The standard InChI is InChI=1S/C14H14ClN3O3S/c1-17(14(20)21)8-3-5-18(7-8)13(19)11-6-10-12(22-11)9(15)2-4-16-10/h2,4,6,8H,3,5,7H2,1H3,(H,20,21). The number of amides is 2. The topological polar surface area (TPSA) is 73.7 Å². The van der Waals surface area contributed by atoms with E-state index < -0.39 is 6.09 Å². The van der Waals surface area contributed by atoms with Crippen LogP contribution in [-0.2, 0) is 0 Å². The number of hydrogen-bond acceptors (Lipinski definition) is 4. The summed E-state index contributed by atoms with van der Waals surface area (Å²) in [5, 5.41) is 9.59. The molecule has 0 aromatic carbocycles. The molecule has 1 N–H and O–H groups in total. The molecular formula is C14H14ClN3O3S. The number of halogens is 1. The number of hydrogen-bond donors (Lipinski definition) is 1.